The maximum atomic E-state index is 12.2. The molecule has 0 heterocycles. The third kappa shape index (κ3) is 5.44. The fourth-order valence-electron chi connectivity index (χ4n) is 2.19. The molecule has 2 aromatic rings. The molecule has 0 saturated heterocycles. The Morgan fingerprint density at radius 1 is 1.27 bits per heavy atom. The summed E-state index contributed by atoms with van der Waals surface area (Å²) >= 11 is 5.78. The molecule has 7 nitrogen and oxygen atoms in total. The second-order valence-electron chi connectivity index (χ2n) is 5.65. The summed E-state index contributed by atoms with van der Waals surface area (Å²) in [4.78, 5) is 22.7. The molecule has 0 aromatic heterocycles. The van der Waals surface area contributed by atoms with Gasteiger partial charge in [-0.25, -0.2) is 0 Å². The molecule has 1 amide bonds. The van der Waals surface area contributed by atoms with Crippen LogP contribution in [-0.4, -0.2) is 30.6 Å². The Labute approximate surface area is 156 Å². The zero-order valence-corrected chi connectivity index (χ0v) is 15.2. The molecule has 0 radical (unpaired) electrons. The van der Waals surface area contributed by atoms with E-state index in [1.165, 1.54) is 18.2 Å². The molecule has 0 bridgehead atoms. The van der Waals surface area contributed by atoms with Crippen molar-refractivity contribution in [2.75, 3.05) is 13.7 Å². The van der Waals surface area contributed by atoms with Crippen molar-refractivity contribution in [3.63, 3.8) is 0 Å². The van der Waals surface area contributed by atoms with Crippen molar-refractivity contribution in [1.29, 1.82) is 0 Å². The molecule has 0 spiro atoms. The van der Waals surface area contributed by atoms with E-state index in [9.17, 15) is 14.9 Å². The van der Waals surface area contributed by atoms with Gasteiger partial charge in [-0.05, 0) is 49.7 Å². The van der Waals surface area contributed by atoms with Crippen molar-refractivity contribution in [3.05, 3.63) is 63.2 Å². The van der Waals surface area contributed by atoms with E-state index in [2.05, 4.69) is 5.32 Å². The van der Waals surface area contributed by atoms with Crippen molar-refractivity contribution in [1.82, 2.24) is 5.32 Å². The van der Waals surface area contributed by atoms with Crippen LogP contribution in [-0.2, 0) is 4.74 Å². The standard InChI is InChI=1S/C18H19ClN2O5/c1-12(9-10-25-2)20-18(22)13-3-6-15(7-4-13)26-17-8-5-14(19)11-16(17)21(23)24/h3-8,11-12H,9-10H2,1-2H3,(H,20,22). The van der Waals surface area contributed by atoms with Crippen LogP contribution in [0.15, 0.2) is 42.5 Å². The highest BCUT2D eigenvalue weighted by molar-refractivity contribution is 6.30. The summed E-state index contributed by atoms with van der Waals surface area (Å²) in [7, 11) is 1.61. The van der Waals surface area contributed by atoms with Gasteiger partial charge in [0.2, 0.25) is 5.75 Å². The summed E-state index contributed by atoms with van der Waals surface area (Å²) in [6, 6.07) is 10.5. The first-order valence-corrected chi connectivity index (χ1v) is 8.30. The molecule has 2 aromatic carbocycles. The molecule has 0 aliphatic carbocycles. The van der Waals surface area contributed by atoms with E-state index in [0.717, 1.165) is 0 Å². The van der Waals surface area contributed by atoms with Crippen LogP contribution in [0.25, 0.3) is 0 Å². The number of ether oxygens (including phenoxy) is 2. The van der Waals surface area contributed by atoms with E-state index in [0.29, 0.717) is 24.3 Å². The summed E-state index contributed by atoms with van der Waals surface area (Å²) in [6.45, 7) is 2.46. The summed E-state index contributed by atoms with van der Waals surface area (Å²) in [6.07, 6.45) is 0.712. The highest BCUT2D eigenvalue weighted by Gasteiger charge is 2.17. The molecule has 0 saturated carbocycles. The summed E-state index contributed by atoms with van der Waals surface area (Å²) in [5, 5.41) is 14.2. The van der Waals surface area contributed by atoms with Crippen LogP contribution >= 0.6 is 11.6 Å². The van der Waals surface area contributed by atoms with Gasteiger partial charge in [-0.3, -0.25) is 14.9 Å². The molecule has 8 heteroatoms. The Hall–Kier alpha value is -2.64. The lowest BCUT2D eigenvalue weighted by molar-refractivity contribution is -0.385. The molecule has 1 N–H and O–H groups in total. The van der Waals surface area contributed by atoms with E-state index >= 15 is 0 Å². The molecule has 2 rings (SSSR count). The monoisotopic (exact) mass is 378 g/mol. The Morgan fingerprint density at radius 2 is 1.96 bits per heavy atom. The lowest BCUT2D eigenvalue weighted by atomic mass is 10.1. The molecule has 0 aliphatic rings. The Bertz CT molecular complexity index is 780. The second kappa shape index (κ2) is 9.17. The molecule has 1 atom stereocenters. The lowest BCUT2D eigenvalue weighted by Crippen LogP contribution is -2.33. The predicted molar refractivity (Wildman–Crippen MR) is 98.0 cm³/mol. The minimum Gasteiger partial charge on any atom is -0.450 e. The van der Waals surface area contributed by atoms with Gasteiger partial charge >= 0.3 is 5.69 Å². The highest BCUT2D eigenvalue weighted by Crippen LogP contribution is 2.33. The average Bonchev–Trinajstić information content (AvgIpc) is 2.61. The van der Waals surface area contributed by atoms with E-state index in [4.69, 9.17) is 21.1 Å². The van der Waals surface area contributed by atoms with Gasteiger partial charge < -0.3 is 14.8 Å². The Kier molecular flexibility index (Phi) is 6.94. The van der Waals surface area contributed by atoms with Gasteiger partial charge in [-0.1, -0.05) is 11.6 Å². The van der Waals surface area contributed by atoms with Gasteiger partial charge in [-0.2, -0.15) is 0 Å². The fourth-order valence-corrected chi connectivity index (χ4v) is 2.36. The number of hydrogen-bond acceptors (Lipinski definition) is 5. The average molecular weight is 379 g/mol. The number of carbonyl (C=O) groups is 1. The summed E-state index contributed by atoms with van der Waals surface area (Å²) in [5.41, 5.74) is 0.235. The Morgan fingerprint density at radius 3 is 2.58 bits per heavy atom. The molecule has 0 aliphatic heterocycles. The smallest absolute Gasteiger partial charge is 0.313 e. The van der Waals surface area contributed by atoms with Crippen LogP contribution in [0.2, 0.25) is 5.02 Å². The fraction of sp³-hybridized carbons (Fsp3) is 0.278. The normalized spacial score (nSPS) is 11.7. The number of methoxy groups -OCH3 is 1. The number of nitro benzene ring substituents is 1. The SMILES string of the molecule is COCCC(C)NC(=O)c1ccc(Oc2ccc(Cl)cc2[N+](=O)[O-])cc1. The largest absolute Gasteiger partial charge is 0.450 e. The topological polar surface area (TPSA) is 90.7 Å². The molecular weight excluding hydrogens is 360 g/mol. The Balaban J connectivity index is 2.06. The number of carbonyl (C=O) groups excluding carboxylic acids is 1. The summed E-state index contributed by atoms with van der Waals surface area (Å²) < 4.78 is 10.5. The van der Waals surface area contributed by atoms with E-state index < -0.39 is 4.92 Å². The first kappa shape index (κ1) is 19.7. The number of hydrogen-bond donors (Lipinski definition) is 1. The predicted octanol–water partition coefficient (Wildman–Crippen LogP) is 4.20. The van der Waals surface area contributed by atoms with Gasteiger partial charge in [0.1, 0.15) is 5.75 Å². The van der Waals surface area contributed by atoms with E-state index in [1.807, 2.05) is 6.92 Å². The molecular formula is C18H19ClN2O5. The number of benzene rings is 2. The first-order valence-electron chi connectivity index (χ1n) is 7.92. The number of nitrogens with one attached hydrogen (secondary N) is 1. The van der Waals surface area contributed by atoms with Crippen molar-refractivity contribution in [2.45, 2.75) is 19.4 Å². The van der Waals surface area contributed by atoms with Gasteiger partial charge in [-0.15, -0.1) is 0 Å². The van der Waals surface area contributed by atoms with Crippen molar-refractivity contribution < 1.29 is 19.2 Å². The van der Waals surface area contributed by atoms with Crippen molar-refractivity contribution in [3.8, 4) is 11.5 Å². The van der Waals surface area contributed by atoms with Gasteiger partial charge in [0.15, 0.2) is 0 Å². The number of rotatable bonds is 8. The lowest BCUT2D eigenvalue weighted by Gasteiger charge is -2.13. The number of halogens is 1. The van der Waals surface area contributed by atoms with Crippen LogP contribution in [0, 0.1) is 10.1 Å². The molecule has 26 heavy (non-hydrogen) atoms. The highest BCUT2D eigenvalue weighted by atomic mass is 35.5. The maximum Gasteiger partial charge on any atom is 0.313 e. The number of nitro groups is 1. The van der Waals surface area contributed by atoms with E-state index in [-0.39, 0.29) is 28.4 Å². The van der Waals surface area contributed by atoms with Gasteiger partial charge in [0.25, 0.3) is 5.91 Å². The van der Waals surface area contributed by atoms with Crippen molar-refractivity contribution >= 4 is 23.2 Å². The van der Waals surface area contributed by atoms with Crippen LogP contribution in [0.4, 0.5) is 5.69 Å². The first-order chi connectivity index (χ1) is 12.4. The van der Waals surface area contributed by atoms with Crippen molar-refractivity contribution in [2.24, 2.45) is 0 Å². The van der Waals surface area contributed by atoms with Crippen LogP contribution < -0.4 is 10.1 Å². The minimum absolute atomic E-state index is 0.0184. The van der Waals surface area contributed by atoms with Crippen LogP contribution in [0.1, 0.15) is 23.7 Å². The minimum atomic E-state index is -0.565. The summed E-state index contributed by atoms with van der Waals surface area (Å²) in [5.74, 6) is 0.238. The second-order valence-corrected chi connectivity index (χ2v) is 6.09. The third-order valence-corrected chi connectivity index (χ3v) is 3.83. The molecule has 0 fully saturated rings. The van der Waals surface area contributed by atoms with Crippen LogP contribution in [0.5, 0.6) is 11.5 Å². The van der Waals surface area contributed by atoms with Gasteiger partial charge in [0.05, 0.1) is 4.92 Å². The zero-order chi connectivity index (χ0) is 19.1. The number of amides is 1. The maximum absolute atomic E-state index is 12.2. The van der Waals surface area contributed by atoms with E-state index in [1.54, 1.807) is 31.4 Å². The molecule has 1 unspecified atom stereocenters. The third-order valence-electron chi connectivity index (χ3n) is 3.59. The number of nitrogens with zero attached hydrogens (tertiary/aromatic N) is 1. The quantitative estimate of drug-likeness (QED) is 0.549. The van der Waals surface area contributed by atoms with Crippen LogP contribution in [0.3, 0.4) is 0 Å². The molecule has 138 valence electrons. The zero-order valence-electron chi connectivity index (χ0n) is 14.4. The van der Waals surface area contributed by atoms with Gasteiger partial charge in [0, 0.05) is 36.4 Å².